The Morgan fingerprint density at radius 2 is 2.14 bits per heavy atom. The first-order valence-corrected chi connectivity index (χ1v) is 7.62. The number of anilines is 1. The van der Waals surface area contributed by atoms with Crippen molar-refractivity contribution in [2.24, 2.45) is 0 Å². The normalized spacial score (nSPS) is 11.0. The van der Waals surface area contributed by atoms with Gasteiger partial charge in [-0.1, -0.05) is 13.0 Å². The van der Waals surface area contributed by atoms with Gasteiger partial charge in [0.1, 0.15) is 0 Å². The summed E-state index contributed by atoms with van der Waals surface area (Å²) in [6, 6.07) is 5.85. The number of rotatable bonds is 3. The molecule has 0 fully saturated rings. The number of benzene rings is 1. The van der Waals surface area contributed by atoms with Crippen LogP contribution in [0.4, 0.5) is 5.13 Å². The van der Waals surface area contributed by atoms with Crippen molar-refractivity contribution in [3.63, 3.8) is 0 Å². The summed E-state index contributed by atoms with van der Waals surface area (Å²) >= 11 is 1.49. The number of carbonyl (C=O) groups excluding carboxylic acids is 1. The van der Waals surface area contributed by atoms with Gasteiger partial charge < -0.3 is 4.98 Å². The number of aryl methyl sites for hydroxylation is 3. The molecule has 0 unspecified atom stereocenters. The van der Waals surface area contributed by atoms with E-state index in [1.807, 2.05) is 32.0 Å². The number of nitrogens with zero attached hydrogens (tertiary/aromatic N) is 2. The monoisotopic (exact) mass is 300 g/mol. The van der Waals surface area contributed by atoms with Gasteiger partial charge in [0.05, 0.1) is 16.7 Å². The van der Waals surface area contributed by atoms with Crippen LogP contribution in [0.25, 0.3) is 11.0 Å². The first-order valence-electron chi connectivity index (χ1n) is 6.81. The molecule has 0 saturated carbocycles. The van der Waals surface area contributed by atoms with Gasteiger partial charge in [-0.05, 0) is 38.0 Å². The van der Waals surface area contributed by atoms with E-state index in [0.717, 1.165) is 33.6 Å². The number of aromatic amines is 1. The second-order valence-electron chi connectivity index (χ2n) is 4.94. The van der Waals surface area contributed by atoms with Crippen molar-refractivity contribution in [3.8, 4) is 0 Å². The Kier molecular flexibility index (Phi) is 3.47. The third-order valence-corrected chi connectivity index (χ3v) is 4.23. The number of nitrogens with one attached hydrogen (secondary N) is 2. The predicted octanol–water partition coefficient (Wildman–Crippen LogP) is 3.45. The highest BCUT2D eigenvalue weighted by Gasteiger charge is 2.14. The maximum Gasteiger partial charge on any atom is 0.293 e. The molecule has 21 heavy (non-hydrogen) atoms. The molecule has 108 valence electrons. The molecule has 0 saturated heterocycles. The zero-order valence-corrected chi connectivity index (χ0v) is 13.0. The molecule has 3 aromatic rings. The molecule has 0 aliphatic rings. The van der Waals surface area contributed by atoms with Crippen LogP contribution in [-0.4, -0.2) is 20.9 Å². The topological polar surface area (TPSA) is 70.7 Å². The minimum absolute atomic E-state index is 0.264. The Morgan fingerprint density at radius 1 is 1.33 bits per heavy atom. The molecule has 5 nitrogen and oxygen atoms in total. The van der Waals surface area contributed by atoms with Crippen LogP contribution in [-0.2, 0) is 6.42 Å². The molecule has 1 aromatic carbocycles. The lowest BCUT2D eigenvalue weighted by molar-refractivity contribution is 0.101. The number of hydrogen-bond donors (Lipinski definition) is 2. The van der Waals surface area contributed by atoms with Crippen molar-refractivity contribution < 1.29 is 4.79 Å². The fourth-order valence-electron chi connectivity index (χ4n) is 2.20. The van der Waals surface area contributed by atoms with E-state index in [1.54, 1.807) is 0 Å². The van der Waals surface area contributed by atoms with E-state index in [-0.39, 0.29) is 5.91 Å². The summed E-state index contributed by atoms with van der Waals surface area (Å²) in [6.07, 6.45) is 0.863. The van der Waals surface area contributed by atoms with Gasteiger partial charge in [-0.25, -0.2) is 9.97 Å². The minimum atomic E-state index is -0.264. The van der Waals surface area contributed by atoms with Crippen molar-refractivity contribution in [1.82, 2.24) is 15.0 Å². The summed E-state index contributed by atoms with van der Waals surface area (Å²) in [6.45, 7) is 6.07. The second-order valence-corrected chi connectivity index (χ2v) is 6.14. The molecule has 6 heteroatoms. The Morgan fingerprint density at radius 3 is 2.86 bits per heavy atom. The van der Waals surface area contributed by atoms with Crippen LogP contribution in [0.15, 0.2) is 18.2 Å². The average molecular weight is 300 g/mol. The predicted molar refractivity (Wildman–Crippen MR) is 85.0 cm³/mol. The van der Waals surface area contributed by atoms with Crippen LogP contribution >= 0.6 is 11.3 Å². The largest absolute Gasteiger partial charge is 0.334 e. The van der Waals surface area contributed by atoms with Crippen LogP contribution in [0.5, 0.6) is 0 Å². The first-order chi connectivity index (χ1) is 10.1. The number of fused-ring (bicyclic) bond motifs is 1. The number of carbonyl (C=O) groups is 1. The third kappa shape index (κ3) is 2.67. The lowest BCUT2D eigenvalue weighted by Gasteiger charge is -1.96. The number of H-pyrrole nitrogens is 1. The van der Waals surface area contributed by atoms with Gasteiger partial charge in [-0.15, -0.1) is 11.3 Å². The Hall–Kier alpha value is -2.21. The van der Waals surface area contributed by atoms with E-state index in [2.05, 4.69) is 27.2 Å². The maximum atomic E-state index is 12.2. The summed E-state index contributed by atoms with van der Waals surface area (Å²) in [4.78, 5) is 25.1. The highest BCUT2D eigenvalue weighted by molar-refractivity contribution is 7.15. The van der Waals surface area contributed by atoms with E-state index in [4.69, 9.17) is 0 Å². The van der Waals surface area contributed by atoms with Gasteiger partial charge in [-0.2, -0.15) is 0 Å². The fourth-order valence-corrected chi connectivity index (χ4v) is 3.09. The molecule has 3 rings (SSSR count). The van der Waals surface area contributed by atoms with E-state index in [1.165, 1.54) is 11.3 Å². The Labute approximate surface area is 126 Å². The summed E-state index contributed by atoms with van der Waals surface area (Å²) < 4.78 is 0. The van der Waals surface area contributed by atoms with Crippen LogP contribution in [0.1, 0.15) is 33.7 Å². The molecule has 2 aromatic heterocycles. The van der Waals surface area contributed by atoms with Gasteiger partial charge in [0.15, 0.2) is 11.0 Å². The van der Waals surface area contributed by atoms with Crippen LogP contribution in [0.3, 0.4) is 0 Å². The van der Waals surface area contributed by atoms with Crippen LogP contribution in [0, 0.1) is 13.8 Å². The van der Waals surface area contributed by atoms with Crippen molar-refractivity contribution in [3.05, 3.63) is 40.2 Å². The molecule has 0 spiro atoms. The molecule has 0 aliphatic carbocycles. The molecule has 0 atom stereocenters. The van der Waals surface area contributed by atoms with Gasteiger partial charge in [0.25, 0.3) is 5.91 Å². The molecule has 0 aliphatic heterocycles. The van der Waals surface area contributed by atoms with Crippen molar-refractivity contribution >= 4 is 33.4 Å². The van der Waals surface area contributed by atoms with Crippen molar-refractivity contribution in [2.75, 3.05) is 5.32 Å². The lowest BCUT2D eigenvalue weighted by atomic mass is 10.2. The number of hydrogen-bond acceptors (Lipinski definition) is 4. The van der Waals surface area contributed by atoms with Gasteiger partial charge in [-0.3, -0.25) is 10.1 Å². The SMILES string of the molecule is CCc1nc(NC(=O)c2nc3ccc(C)cc3[nH]2)sc1C. The van der Waals surface area contributed by atoms with Gasteiger partial charge in [0, 0.05) is 4.88 Å². The fraction of sp³-hybridized carbons (Fsp3) is 0.267. The second kappa shape index (κ2) is 5.29. The molecular weight excluding hydrogens is 284 g/mol. The number of thiazole rings is 1. The molecule has 0 bridgehead atoms. The molecule has 2 heterocycles. The van der Waals surface area contributed by atoms with Crippen LogP contribution < -0.4 is 5.32 Å². The van der Waals surface area contributed by atoms with E-state index >= 15 is 0 Å². The average Bonchev–Trinajstić information content (AvgIpc) is 3.01. The Balaban J connectivity index is 1.86. The molecule has 0 radical (unpaired) electrons. The standard InChI is InChI=1S/C15H16N4OS/c1-4-10-9(3)21-15(18-10)19-14(20)13-16-11-6-5-8(2)7-12(11)17-13/h5-7H,4H2,1-3H3,(H,16,17)(H,18,19,20). The first kappa shape index (κ1) is 13.8. The van der Waals surface area contributed by atoms with Crippen molar-refractivity contribution in [1.29, 1.82) is 0 Å². The number of amides is 1. The zero-order valence-electron chi connectivity index (χ0n) is 12.2. The summed E-state index contributed by atoms with van der Waals surface area (Å²) in [5.74, 6) is 0.0433. The highest BCUT2D eigenvalue weighted by Crippen LogP contribution is 2.23. The smallest absolute Gasteiger partial charge is 0.293 e. The van der Waals surface area contributed by atoms with Gasteiger partial charge >= 0.3 is 0 Å². The Bertz CT molecular complexity index is 818. The highest BCUT2D eigenvalue weighted by atomic mass is 32.1. The summed E-state index contributed by atoms with van der Waals surface area (Å²) in [5.41, 5.74) is 3.80. The number of aromatic nitrogens is 3. The van der Waals surface area contributed by atoms with Crippen LogP contribution in [0.2, 0.25) is 0 Å². The van der Waals surface area contributed by atoms with E-state index in [9.17, 15) is 4.79 Å². The molecular formula is C15H16N4OS. The minimum Gasteiger partial charge on any atom is -0.334 e. The third-order valence-electron chi connectivity index (χ3n) is 3.30. The lowest BCUT2D eigenvalue weighted by Crippen LogP contribution is -2.13. The zero-order chi connectivity index (χ0) is 15.0. The van der Waals surface area contributed by atoms with E-state index in [0.29, 0.717) is 11.0 Å². The summed E-state index contributed by atoms with van der Waals surface area (Å²) in [5, 5.41) is 3.42. The number of imidazole rings is 1. The quantitative estimate of drug-likeness (QED) is 0.778. The van der Waals surface area contributed by atoms with Gasteiger partial charge in [0.2, 0.25) is 0 Å². The molecule has 2 N–H and O–H groups in total. The maximum absolute atomic E-state index is 12.2. The summed E-state index contributed by atoms with van der Waals surface area (Å²) in [7, 11) is 0. The van der Waals surface area contributed by atoms with E-state index < -0.39 is 0 Å². The van der Waals surface area contributed by atoms with Crippen molar-refractivity contribution in [2.45, 2.75) is 27.2 Å². The molecule has 1 amide bonds.